The second kappa shape index (κ2) is 4.49. The van der Waals surface area contributed by atoms with Crippen LogP contribution >= 0.6 is 12.2 Å². The van der Waals surface area contributed by atoms with Gasteiger partial charge in [0.15, 0.2) is 0 Å². The molecule has 0 bridgehead atoms. The van der Waals surface area contributed by atoms with Gasteiger partial charge >= 0.3 is 0 Å². The van der Waals surface area contributed by atoms with E-state index in [0.717, 1.165) is 0 Å². The van der Waals surface area contributed by atoms with Gasteiger partial charge in [0, 0.05) is 17.4 Å². The van der Waals surface area contributed by atoms with E-state index in [-0.39, 0.29) is 28.6 Å². The van der Waals surface area contributed by atoms with E-state index in [0.29, 0.717) is 11.3 Å². The molecule has 2 unspecified atom stereocenters. The van der Waals surface area contributed by atoms with E-state index in [1.54, 1.807) is 38.1 Å². The molecule has 2 N–H and O–H groups in total. The summed E-state index contributed by atoms with van der Waals surface area (Å²) in [4.78, 5) is 25.6. The maximum atomic E-state index is 12.1. The molecule has 1 aromatic carbocycles. The molecule has 1 aromatic rings. The summed E-state index contributed by atoms with van der Waals surface area (Å²) in [5, 5.41) is 0. The molecule has 0 radical (unpaired) electrons. The number of para-hydroxylation sites is 1. The number of carbonyl (C=O) groups is 2. The molecule has 1 aliphatic rings. The van der Waals surface area contributed by atoms with Crippen LogP contribution in [0.25, 0.3) is 0 Å². The van der Waals surface area contributed by atoms with Gasteiger partial charge in [0.05, 0.1) is 5.69 Å². The summed E-state index contributed by atoms with van der Waals surface area (Å²) < 4.78 is 0. The van der Waals surface area contributed by atoms with Crippen LogP contribution in [0.15, 0.2) is 24.3 Å². The van der Waals surface area contributed by atoms with E-state index in [4.69, 9.17) is 18.0 Å². The second-order valence-electron chi connectivity index (χ2n) is 4.47. The SMILES string of the molecule is CC1C(=O)N(c2ccccc2C(N)=S)C(=O)C1C. The number of nitrogens with zero attached hydrogens (tertiary/aromatic N) is 1. The van der Waals surface area contributed by atoms with Crippen molar-refractivity contribution >= 4 is 34.7 Å². The summed E-state index contributed by atoms with van der Waals surface area (Å²) in [7, 11) is 0. The van der Waals surface area contributed by atoms with Gasteiger partial charge in [-0.25, -0.2) is 4.90 Å². The summed E-state index contributed by atoms with van der Waals surface area (Å²) in [5.41, 5.74) is 6.66. The van der Waals surface area contributed by atoms with Gasteiger partial charge in [-0.05, 0) is 12.1 Å². The number of thiocarbonyl (C=S) groups is 1. The molecule has 1 saturated heterocycles. The van der Waals surface area contributed by atoms with E-state index in [2.05, 4.69) is 0 Å². The number of rotatable bonds is 2. The van der Waals surface area contributed by atoms with Crippen LogP contribution in [0.4, 0.5) is 5.69 Å². The lowest BCUT2D eigenvalue weighted by Gasteiger charge is -2.18. The minimum atomic E-state index is -0.308. The van der Waals surface area contributed by atoms with Crippen molar-refractivity contribution in [2.45, 2.75) is 13.8 Å². The van der Waals surface area contributed by atoms with Gasteiger partial charge < -0.3 is 5.73 Å². The van der Waals surface area contributed by atoms with E-state index < -0.39 is 0 Å². The Balaban J connectivity index is 2.53. The highest BCUT2D eigenvalue weighted by molar-refractivity contribution is 7.80. The molecule has 0 saturated carbocycles. The molecular weight excluding hydrogens is 248 g/mol. The van der Waals surface area contributed by atoms with Crippen LogP contribution in [0.1, 0.15) is 19.4 Å². The summed E-state index contributed by atoms with van der Waals surface area (Å²) in [6.07, 6.45) is 0. The first-order chi connectivity index (χ1) is 8.45. The zero-order valence-electron chi connectivity index (χ0n) is 10.2. The number of hydrogen-bond donors (Lipinski definition) is 1. The van der Waals surface area contributed by atoms with Gasteiger partial charge in [0.1, 0.15) is 4.99 Å². The maximum absolute atomic E-state index is 12.1. The summed E-state index contributed by atoms with van der Waals surface area (Å²) >= 11 is 4.95. The molecule has 2 atom stereocenters. The Kier molecular flexibility index (Phi) is 3.17. The summed E-state index contributed by atoms with van der Waals surface area (Å²) in [6, 6.07) is 6.93. The molecule has 0 spiro atoms. The Morgan fingerprint density at radius 1 is 1.17 bits per heavy atom. The van der Waals surface area contributed by atoms with E-state index in [1.807, 2.05) is 0 Å². The third-order valence-corrected chi connectivity index (χ3v) is 3.60. The normalized spacial score (nSPS) is 23.6. The van der Waals surface area contributed by atoms with Gasteiger partial charge in [-0.2, -0.15) is 0 Å². The molecule has 0 aromatic heterocycles. The van der Waals surface area contributed by atoms with Gasteiger partial charge in [0.2, 0.25) is 11.8 Å². The molecule has 4 nitrogen and oxygen atoms in total. The Labute approximate surface area is 111 Å². The second-order valence-corrected chi connectivity index (χ2v) is 4.91. The highest BCUT2D eigenvalue weighted by atomic mass is 32.1. The molecule has 1 fully saturated rings. The lowest BCUT2D eigenvalue weighted by atomic mass is 10.00. The Morgan fingerprint density at radius 3 is 2.17 bits per heavy atom. The average Bonchev–Trinajstić information content (AvgIpc) is 2.54. The van der Waals surface area contributed by atoms with Crippen LogP contribution in [0.3, 0.4) is 0 Å². The van der Waals surface area contributed by atoms with Gasteiger partial charge in [0.25, 0.3) is 0 Å². The monoisotopic (exact) mass is 262 g/mol. The van der Waals surface area contributed by atoms with Gasteiger partial charge in [-0.15, -0.1) is 0 Å². The molecule has 1 heterocycles. The van der Waals surface area contributed by atoms with Crippen molar-refractivity contribution in [2.75, 3.05) is 4.90 Å². The molecule has 2 amide bonds. The lowest BCUT2D eigenvalue weighted by Crippen LogP contribution is -2.32. The summed E-state index contributed by atoms with van der Waals surface area (Å²) in [6.45, 7) is 3.52. The Hall–Kier alpha value is -1.75. The fourth-order valence-corrected chi connectivity index (χ4v) is 2.23. The Morgan fingerprint density at radius 2 is 1.67 bits per heavy atom. The smallest absolute Gasteiger partial charge is 0.237 e. The number of imide groups is 1. The largest absolute Gasteiger partial charge is 0.389 e. The van der Waals surface area contributed by atoms with Crippen LogP contribution in [-0.2, 0) is 9.59 Å². The standard InChI is InChI=1S/C13H14N2O2S/c1-7-8(2)13(17)15(12(7)16)10-6-4-3-5-9(10)11(14)18/h3-8H,1-2H3,(H2,14,18). The van der Waals surface area contributed by atoms with Crippen LogP contribution in [-0.4, -0.2) is 16.8 Å². The van der Waals surface area contributed by atoms with E-state index >= 15 is 0 Å². The minimum absolute atomic E-state index is 0.179. The van der Waals surface area contributed by atoms with Crippen LogP contribution in [0, 0.1) is 11.8 Å². The number of hydrogen-bond acceptors (Lipinski definition) is 3. The van der Waals surface area contributed by atoms with Gasteiger partial charge in [-0.3, -0.25) is 9.59 Å². The molecule has 5 heteroatoms. The average molecular weight is 262 g/mol. The number of amides is 2. The molecule has 1 aliphatic heterocycles. The topological polar surface area (TPSA) is 63.4 Å². The fourth-order valence-electron chi connectivity index (χ4n) is 2.06. The molecule has 94 valence electrons. The highest BCUT2D eigenvalue weighted by Crippen LogP contribution is 2.32. The lowest BCUT2D eigenvalue weighted by molar-refractivity contribution is -0.122. The fraction of sp³-hybridized carbons (Fsp3) is 0.308. The van der Waals surface area contributed by atoms with Crippen molar-refractivity contribution in [1.82, 2.24) is 0 Å². The predicted octanol–water partition coefficient (Wildman–Crippen LogP) is 1.47. The zero-order chi connectivity index (χ0) is 13.4. The van der Waals surface area contributed by atoms with Crippen molar-refractivity contribution < 1.29 is 9.59 Å². The van der Waals surface area contributed by atoms with E-state index in [1.165, 1.54) is 4.90 Å². The van der Waals surface area contributed by atoms with Crippen LogP contribution < -0.4 is 10.6 Å². The third-order valence-electron chi connectivity index (χ3n) is 3.38. The molecular formula is C13H14N2O2S. The zero-order valence-corrected chi connectivity index (χ0v) is 11.0. The summed E-state index contributed by atoms with van der Waals surface area (Å²) in [5.74, 6) is -1.01. The first kappa shape index (κ1) is 12.7. The number of anilines is 1. The molecule has 2 rings (SSSR count). The van der Waals surface area contributed by atoms with Crippen molar-refractivity contribution in [3.63, 3.8) is 0 Å². The van der Waals surface area contributed by atoms with Crippen molar-refractivity contribution in [3.8, 4) is 0 Å². The van der Waals surface area contributed by atoms with Crippen LogP contribution in [0.5, 0.6) is 0 Å². The minimum Gasteiger partial charge on any atom is -0.389 e. The first-order valence-electron chi connectivity index (χ1n) is 5.71. The van der Waals surface area contributed by atoms with Crippen molar-refractivity contribution in [1.29, 1.82) is 0 Å². The van der Waals surface area contributed by atoms with E-state index in [9.17, 15) is 9.59 Å². The van der Waals surface area contributed by atoms with Gasteiger partial charge in [-0.1, -0.05) is 38.2 Å². The third kappa shape index (κ3) is 1.80. The maximum Gasteiger partial charge on any atom is 0.237 e. The van der Waals surface area contributed by atoms with Crippen LogP contribution in [0.2, 0.25) is 0 Å². The quantitative estimate of drug-likeness (QED) is 0.647. The highest BCUT2D eigenvalue weighted by Gasteiger charge is 2.43. The number of benzene rings is 1. The van der Waals surface area contributed by atoms with Crippen molar-refractivity contribution in [3.05, 3.63) is 29.8 Å². The number of carbonyl (C=O) groups excluding carboxylic acids is 2. The Bertz CT molecular complexity index is 522. The predicted molar refractivity (Wildman–Crippen MR) is 73.2 cm³/mol. The first-order valence-corrected chi connectivity index (χ1v) is 6.12. The molecule has 18 heavy (non-hydrogen) atoms. The number of nitrogens with two attached hydrogens (primary N) is 1. The molecule has 0 aliphatic carbocycles. The van der Waals surface area contributed by atoms with Crippen molar-refractivity contribution in [2.24, 2.45) is 17.6 Å².